The van der Waals surface area contributed by atoms with Crippen LogP contribution in [-0.2, 0) is 18.2 Å². The van der Waals surface area contributed by atoms with E-state index < -0.39 is 34.8 Å². The zero-order valence-electron chi connectivity index (χ0n) is 22.5. The molecule has 2 aromatic carbocycles. The molecule has 10 heteroatoms. The molecule has 0 unspecified atom stereocenters. The summed E-state index contributed by atoms with van der Waals surface area (Å²) in [6, 6.07) is 13.6. The summed E-state index contributed by atoms with van der Waals surface area (Å²) in [5.74, 6) is -3.00. The molecule has 0 aliphatic heterocycles. The van der Waals surface area contributed by atoms with Gasteiger partial charge in [-0.2, -0.15) is 0 Å². The second kappa shape index (κ2) is 11.9. The molecule has 0 saturated heterocycles. The van der Waals surface area contributed by atoms with Crippen LogP contribution < -0.4 is 15.6 Å². The summed E-state index contributed by atoms with van der Waals surface area (Å²) < 4.78 is 25.9. The average molecular weight is 546 g/mol. The van der Waals surface area contributed by atoms with Crippen LogP contribution in [-0.4, -0.2) is 40.0 Å². The van der Waals surface area contributed by atoms with Gasteiger partial charge >= 0.3 is 11.9 Å². The molecule has 0 spiro atoms. The molecule has 2 heterocycles. The molecule has 0 atom stereocenters. The number of rotatable bonds is 8. The molecule has 0 saturated carbocycles. The summed E-state index contributed by atoms with van der Waals surface area (Å²) in [5.41, 5.74) is 0.717. The number of esters is 2. The second-order valence-electron chi connectivity index (χ2n) is 9.36. The smallest absolute Gasteiger partial charge is 0.347 e. The molecule has 1 N–H and O–H groups in total. The van der Waals surface area contributed by atoms with E-state index in [0.29, 0.717) is 11.1 Å². The number of hydrogen-bond donors (Lipinski definition) is 1. The van der Waals surface area contributed by atoms with Crippen LogP contribution >= 0.6 is 0 Å². The van der Waals surface area contributed by atoms with Gasteiger partial charge in [0, 0.05) is 24.8 Å². The van der Waals surface area contributed by atoms with Gasteiger partial charge in [0.25, 0.3) is 11.5 Å². The molecule has 1 amide bonds. The van der Waals surface area contributed by atoms with Crippen molar-refractivity contribution in [2.45, 2.75) is 33.2 Å². The Balaban J connectivity index is 1.83. The van der Waals surface area contributed by atoms with Crippen LogP contribution in [0.25, 0.3) is 11.0 Å². The first-order valence-corrected chi connectivity index (χ1v) is 12.7. The van der Waals surface area contributed by atoms with Gasteiger partial charge in [-0.15, -0.1) is 0 Å². The Hall–Kier alpha value is -4.86. The maximum absolute atomic E-state index is 14.0. The van der Waals surface area contributed by atoms with Crippen LogP contribution in [0.3, 0.4) is 0 Å². The van der Waals surface area contributed by atoms with Crippen molar-refractivity contribution < 1.29 is 28.2 Å². The molecular formula is C30H28FN3O6. The van der Waals surface area contributed by atoms with E-state index in [1.807, 2.05) is 0 Å². The number of nitrogens with zero attached hydrogens (tertiary/aromatic N) is 2. The maximum Gasteiger partial charge on any atom is 0.347 e. The Morgan fingerprint density at radius 3 is 2.45 bits per heavy atom. The lowest BCUT2D eigenvalue weighted by molar-refractivity contribution is 0.0518. The van der Waals surface area contributed by atoms with E-state index in [9.17, 15) is 23.6 Å². The number of fused-ring (bicyclic) bond motifs is 1. The van der Waals surface area contributed by atoms with Gasteiger partial charge < -0.3 is 19.4 Å². The number of aryl methyl sites for hydroxylation is 1. The maximum atomic E-state index is 14.0. The second-order valence-corrected chi connectivity index (χ2v) is 9.36. The molecule has 40 heavy (non-hydrogen) atoms. The van der Waals surface area contributed by atoms with Crippen molar-refractivity contribution in [1.82, 2.24) is 14.9 Å². The van der Waals surface area contributed by atoms with E-state index in [-0.39, 0.29) is 47.0 Å². The fourth-order valence-electron chi connectivity index (χ4n) is 4.20. The first-order chi connectivity index (χ1) is 19.1. The van der Waals surface area contributed by atoms with Crippen molar-refractivity contribution >= 4 is 28.9 Å². The minimum Gasteiger partial charge on any atom is -0.462 e. The summed E-state index contributed by atoms with van der Waals surface area (Å²) in [5, 5.41) is 2.77. The van der Waals surface area contributed by atoms with Gasteiger partial charge in [-0.3, -0.25) is 14.6 Å². The normalized spacial score (nSPS) is 10.9. The van der Waals surface area contributed by atoms with Crippen LogP contribution in [0.5, 0.6) is 5.75 Å². The summed E-state index contributed by atoms with van der Waals surface area (Å²) in [4.78, 5) is 56.2. The Kier molecular flexibility index (Phi) is 8.37. The third kappa shape index (κ3) is 5.90. The number of nitrogens with one attached hydrogen (secondary N) is 1. The molecular weight excluding hydrogens is 517 g/mol. The highest BCUT2D eigenvalue weighted by Crippen LogP contribution is 2.29. The van der Waals surface area contributed by atoms with Gasteiger partial charge in [-0.25, -0.2) is 14.0 Å². The number of halogens is 1. The van der Waals surface area contributed by atoms with E-state index in [4.69, 9.17) is 9.47 Å². The van der Waals surface area contributed by atoms with Crippen LogP contribution in [0.15, 0.2) is 65.6 Å². The molecule has 0 fully saturated rings. The van der Waals surface area contributed by atoms with Crippen LogP contribution in [0.4, 0.5) is 4.39 Å². The molecule has 0 aliphatic rings. The van der Waals surface area contributed by atoms with Gasteiger partial charge in [0.2, 0.25) is 0 Å². The van der Waals surface area contributed by atoms with Crippen molar-refractivity contribution in [3.8, 4) is 5.75 Å². The number of hydrogen-bond acceptors (Lipinski definition) is 7. The fourth-order valence-corrected chi connectivity index (χ4v) is 4.20. The number of benzene rings is 2. The number of carbonyl (C=O) groups is 3. The van der Waals surface area contributed by atoms with Crippen molar-refractivity contribution in [3.05, 3.63) is 105 Å². The molecule has 0 radical (unpaired) electrons. The number of pyridine rings is 2. The molecule has 9 nitrogen and oxygen atoms in total. The highest BCUT2D eigenvalue weighted by Gasteiger charge is 2.27. The van der Waals surface area contributed by atoms with Crippen molar-refractivity contribution in [2.24, 2.45) is 7.05 Å². The van der Waals surface area contributed by atoms with E-state index in [0.717, 1.165) is 0 Å². The Labute approximate surface area is 229 Å². The number of carbonyl (C=O) groups excluding carboxylic acids is 3. The van der Waals surface area contributed by atoms with Crippen molar-refractivity contribution in [1.29, 1.82) is 0 Å². The fraction of sp³-hybridized carbons (Fsp3) is 0.233. The topological polar surface area (TPSA) is 117 Å². The molecule has 0 aliphatic carbocycles. The third-order valence-electron chi connectivity index (χ3n) is 6.06. The van der Waals surface area contributed by atoms with E-state index >= 15 is 0 Å². The van der Waals surface area contributed by atoms with Crippen LogP contribution in [0, 0.1) is 5.82 Å². The summed E-state index contributed by atoms with van der Waals surface area (Å²) >= 11 is 0. The van der Waals surface area contributed by atoms with Crippen molar-refractivity contribution in [2.75, 3.05) is 6.61 Å². The first kappa shape index (κ1) is 28.2. The Bertz CT molecular complexity index is 1660. The molecule has 4 aromatic rings. The minimum absolute atomic E-state index is 0.00283. The number of amides is 1. The predicted molar refractivity (Wildman–Crippen MR) is 146 cm³/mol. The minimum atomic E-state index is -0.946. The Morgan fingerprint density at radius 2 is 1.77 bits per heavy atom. The standard InChI is InChI=1S/C30H28FN3O6/c1-5-39-30(38)24-26(40-29(37)19-9-7-6-8-10-19)25-23(34(4)28(24)36)14-18(16-32-25)13-20-11-12-21(31)15-22(20)27(35)33-17(2)3/h6-12,14-17H,5,13H2,1-4H3,(H,33,35). The quantitative estimate of drug-likeness (QED) is 0.330. The van der Waals surface area contributed by atoms with E-state index in [2.05, 4.69) is 10.3 Å². The SMILES string of the molecule is CCOC(=O)c1c(OC(=O)c2ccccc2)c2ncc(Cc3ccc(F)cc3C(=O)NC(C)C)cc2n(C)c1=O. The molecule has 206 valence electrons. The molecule has 2 aromatic heterocycles. The zero-order chi connectivity index (χ0) is 29.0. The molecule has 4 rings (SSSR count). The van der Waals surface area contributed by atoms with Crippen LogP contribution in [0.2, 0.25) is 0 Å². The van der Waals surface area contributed by atoms with E-state index in [1.165, 1.54) is 48.1 Å². The summed E-state index contributed by atoms with van der Waals surface area (Å²) in [6.07, 6.45) is 1.67. The predicted octanol–water partition coefficient (Wildman–Crippen LogP) is 4.20. The highest BCUT2D eigenvalue weighted by molar-refractivity contribution is 6.02. The van der Waals surface area contributed by atoms with Gasteiger partial charge in [-0.1, -0.05) is 24.3 Å². The summed E-state index contributed by atoms with van der Waals surface area (Å²) in [7, 11) is 1.46. The third-order valence-corrected chi connectivity index (χ3v) is 6.06. The lowest BCUT2D eigenvalue weighted by Gasteiger charge is -2.16. The number of ether oxygens (including phenoxy) is 2. The average Bonchev–Trinajstić information content (AvgIpc) is 2.92. The molecule has 0 bridgehead atoms. The lowest BCUT2D eigenvalue weighted by atomic mass is 9.99. The van der Waals surface area contributed by atoms with Crippen molar-refractivity contribution in [3.63, 3.8) is 0 Å². The largest absolute Gasteiger partial charge is 0.462 e. The van der Waals surface area contributed by atoms with Gasteiger partial charge in [-0.05, 0) is 68.7 Å². The van der Waals surface area contributed by atoms with Gasteiger partial charge in [0.15, 0.2) is 11.3 Å². The van der Waals surface area contributed by atoms with E-state index in [1.54, 1.807) is 45.0 Å². The van der Waals surface area contributed by atoms with Gasteiger partial charge in [0.1, 0.15) is 11.3 Å². The zero-order valence-corrected chi connectivity index (χ0v) is 22.5. The first-order valence-electron chi connectivity index (χ1n) is 12.7. The number of aromatic nitrogens is 2. The Morgan fingerprint density at radius 1 is 1.05 bits per heavy atom. The monoisotopic (exact) mass is 545 g/mol. The summed E-state index contributed by atoms with van der Waals surface area (Å²) in [6.45, 7) is 5.20. The van der Waals surface area contributed by atoms with Gasteiger partial charge in [0.05, 0.1) is 17.7 Å². The van der Waals surface area contributed by atoms with Crippen LogP contribution in [0.1, 0.15) is 63.0 Å². The lowest BCUT2D eigenvalue weighted by Crippen LogP contribution is -2.31. The highest BCUT2D eigenvalue weighted by atomic mass is 19.1.